The number of rotatable bonds is 10. The van der Waals surface area contributed by atoms with E-state index in [0.717, 1.165) is 60.6 Å². The summed E-state index contributed by atoms with van der Waals surface area (Å²) in [7, 11) is 0. The lowest BCUT2D eigenvalue weighted by atomic mass is 10.0. The minimum absolute atomic E-state index is 0.392. The Kier molecular flexibility index (Phi) is 9.29. The van der Waals surface area contributed by atoms with Crippen molar-refractivity contribution in [2.75, 3.05) is 6.54 Å². The van der Waals surface area contributed by atoms with Crippen LogP contribution in [0.1, 0.15) is 63.3 Å². The minimum Gasteiger partial charge on any atom is -0.457 e. The standard InChI is InChI=1S/C27H32F3NOS/c1-18(2)10-8-7-9-15-31(22(6)33)21(5)20(4)16-24-13-14-26(32-24)25-17-23(27(28,29)30)12-11-19(25)3/h11-14,16-17H,1,5,7-10,15H2,2-4,6H3/b20-16-. The Morgan fingerprint density at radius 1 is 1.06 bits per heavy atom. The second-order valence-corrected chi connectivity index (χ2v) is 9.03. The Morgan fingerprint density at radius 2 is 1.76 bits per heavy atom. The van der Waals surface area contributed by atoms with Crippen molar-refractivity contribution in [1.82, 2.24) is 4.90 Å². The zero-order valence-electron chi connectivity index (χ0n) is 19.8. The van der Waals surface area contributed by atoms with E-state index in [1.807, 2.05) is 31.7 Å². The Balaban J connectivity index is 2.15. The van der Waals surface area contributed by atoms with Crippen LogP contribution in [-0.2, 0) is 6.18 Å². The summed E-state index contributed by atoms with van der Waals surface area (Å²) in [5, 5.41) is 0. The van der Waals surface area contributed by atoms with Gasteiger partial charge in [-0.1, -0.05) is 36.9 Å². The third-order valence-corrected chi connectivity index (χ3v) is 5.68. The second-order valence-electron chi connectivity index (χ2n) is 8.44. The molecule has 6 heteroatoms. The van der Waals surface area contributed by atoms with Gasteiger partial charge in [0.2, 0.25) is 0 Å². The molecule has 0 N–H and O–H groups in total. The molecule has 2 aromatic rings. The van der Waals surface area contributed by atoms with Gasteiger partial charge in [-0.15, -0.1) is 6.58 Å². The summed E-state index contributed by atoms with van der Waals surface area (Å²) in [5.41, 5.74) is 3.30. The van der Waals surface area contributed by atoms with Gasteiger partial charge in [0.15, 0.2) is 0 Å². The number of hydrogen-bond donors (Lipinski definition) is 0. The maximum Gasteiger partial charge on any atom is 0.416 e. The molecule has 2 rings (SSSR count). The zero-order valence-corrected chi connectivity index (χ0v) is 20.6. The number of nitrogens with zero attached hydrogens (tertiary/aromatic N) is 1. The van der Waals surface area contributed by atoms with Gasteiger partial charge in [-0.25, -0.2) is 0 Å². The molecule has 0 fully saturated rings. The molecule has 0 aliphatic carbocycles. The van der Waals surface area contributed by atoms with Gasteiger partial charge in [-0.2, -0.15) is 13.2 Å². The number of furan rings is 1. The van der Waals surface area contributed by atoms with Gasteiger partial charge >= 0.3 is 6.18 Å². The molecule has 0 saturated carbocycles. The highest BCUT2D eigenvalue weighted by molar-refractivity contribution is 7.80. The predicted octanol–water partition coefficient (Wildman–Crippen LogP) is 8.98. The van der Waals surface area contributed by atoms with E-state index in [9.17, 15) is 13.2 Å². The van der Waals surface area contributed by atoms with Gasteiger partial charge in [-0.05, 0) is 88.4 Å². The zero-order chi connectivity index (χ0) is 24.8. The fourth-order valence-electron chi connectivity index (χ4n) is 3.50. The van der Waals surface area contributed by atoms with E-state index < -0.39 is 11.7 Å². The van der Waals surface area contributed by atoms with Crippen molar-refractivity contribution in [3.05, 3.63) is 77.2 Å². The average Bonchev–Trinajstić information content (AvgIpc) is 3.17. The molecule has 0 radical (unpaired) electrons. The Labute approximate surface area is 200 Å². The maximum absolute atomic E-state index is 13.1. The van der Waals surface area contributed by atoms with Crippen molar-refractivity contribution in [1.29, 1.82) is 0 Å². The molecule has 0 aliphatic heterocycles. The maximum atomic E-state index is 13.1. The lowest BCUT2D eigenvalue weighted by Crippen LogP contribution is -2.28. The number of thiocarbonyl (C=S) groups is 1. The van der Waals surface area contributed by atoms with Crippen molar-refractivity contribution in [3.63, 3.8) is 0 Å². The molecule has 1 aromatic heterocycles. The normalized spacial score (nSPS) is 12.0. The third kappa shape index (κ3) is 7.74. The Hall–Kier alpha value is -2.60. The van der Waals surface area contributed by atoms with Crippen LogP contribution in [0.4, 0.5) is 13.2 Å². The molecule has 2 nitrogen and oxygen atoms in total. The van der Waals surface area contributed by atoms with E-state index in [1.165, 1.54) is 11.6 Å². The molecular weight excluding hydrogens is 443 g/mol. The van der Waals surface area contributed by atoms with Gasteiger partial charge in [0.05, 0.1) is 10.6 Å². The highest BCUT2D eigenvalue weighted by atomic mass is 32.1. The Bertz CT molecular complexity index is 1050. The van der Waals surface area contributed by atoms with Gasteiger partial charge < -0.3 is 9.32 Å². The summed E-state index contributed by atoms with van der Waals surface area (Å²) in [4.78, 5) is 2.76. The van der Waals surface area contributed by atoms with E-state index >= 15 is 0 Å². The number of alkyl halides is 3. The first kappa shape index (κ1) is 26.7. The lowest BCUT2D eigenvalue weighted by molar-refractivity contribution is -0.137. The molecule has 178 valence electrons. The van der Waals surface area contributed by atoms with Crippen LogP contribution >= 0.6 is 12.2 Å². The molecule has 33 heavy (non-hydrogen) atoms. The van der Waals surface area contributed by atoms with Crippen LogP contribution in [0.15, 0.2) is 64.8 Å². The van der Waals surface area contributed by atoms with Gasteiger partial charge in [0.1, 0.15) is 11.5 Å². The number of aryl methyl sites for hydroxylation is 1. The molecular formula is C27H32F3NOS. The van der Waals surface area contributed by atoms with E-state index in [-0.39, 0.29) is 0 Å². The number of unbranched alkanes of at least 4 members (excludes halogenated alkanes) is 2. The van der Waals surface area contributed by atoms with E-state index in [1.54, 1.807) is 19.1 Å². The average molecular weight is 476 g/mol. The lowest BCUT2D eigenvalue weighted by Gasteiger charge is -2.26. The predicted molar refractivity (Wildman–Crippen MR) is 135 cm³/mol. The Morgan fingerprint density at radius 3 is 2.36 bits per heavy atom. The molecule has 0 aliphatic rings. The van der Waals surface area contributed by atoms with E-state index in [4.69, 9.17) is 16.6 Å². The molecule has 0 unspecified atom stereocenters. The number of hydrogen-bond acceptors (Lipinski definition) is 2. The summed E-state index contributed by atoms with van der Waals surface area (Å²) in [6, 6.07) is 7.10. The first-order chi connectivity index (χ1) is 15.4. The fourth-order valence-corrected chi connectivity index (χ4v) is 3.71. The summed E-state index contributed by atoms with van der Waals surface area (Å²) < 4.78 is 45.2. The summed E-state index contributed by atoms with van der Waals surface area (Å²) in [6.07, 6.45) is 1.64. The largest absolute Gasteiger partial charge is 0.457 e. The molecule has 0 atom stereocenters. The van der Waals surface area contributed by atoms with Gasteiger partial charge in [0.25, 0.3) is 0 Å². The minimum atomic E-state index is -4.40. The molecule has 1 aromatic carbocycles. The molecule has 0 bridgehead atoms. The highest BCUT2D eigenvalue weighted by Crippen LogP contribution is 2.35. The quantitative estimate of drug-likeness (QED) is 0.148. The first-order valence-corrected chi connectivity index (χ1v) is 11.4. The van der Waals surface area contributed by atoms with E-state index in [0.29, 0.717) is 22.6 Å². The van der Waals surface area contributed by atoms with Crippen LogP contribution in [-0.4, -0.2) is 16.4 Å². The number of halogens is 3. The van der Waals surface area contributed by atoms with Crippen LogP contribution in [0.2, 0.25) is 0 Å². The third-order valence-electron chi connectivity index (χ3n) is 5.46. The van der Waals surface area contributed by atoms with Crippen molar-refractivity contribution in [3.8, 4) is 11.3 Å². The summed E-state index contributed by atoms with van der Waals surface area (Å²) in [5.74, 6) is 0.938. The molecule has 0 amide bonds. The number of allylic oxidation sites excluding steroid dienone is 2. The van der Waals surface area contributed by atoms with Crippen LogP contribution < -0.4 is 0 Å². The van der Waals surface area contributed by atoms with Crippen LogP contribution in [0.5, 0.6) is 0 Å². The van der Waals surface area contributed by atoms with Crippen LogP contribution in [0.25, 0.3) is 17.4 Å². The van der Waals surface area contributed by atoms with Crippen LogP contribution in [0, 0.1) is 6.92 Å². The molecule has 0 spiro atoms. The number of benzene rings is 1. The van der Waals surface area contributed by atoms with E-state index in [2.05, 4.69) is 13.2 Å². The highest BCUT2D eigenvalue weighted by Gasteiger charge is 2.31. The van der Waals surface area contributed by atoms with Crippen molar-refractivity contribution < 1.29 is 17.6 Å². The molecule has 0 saturated heterocycles. The smallest absolute Gasteiger partial charge is 0.416 e. The molecule has 1 heterocycles. The van der Waals surface area contributed by atoms with Crippen molar-refractivity contribution in [2.45, 2.75) is 59.6 Å². The fraction of sp³-hybridized carbons (Fsp3) is 0.370. The monoisotopic (exact) mass is 475 g/mol. The van der Waals surface area contributed by atoms with Gasteiger partial charge in [-0.3, -0.25) is 0 Å². The topological polar surface area (TPSA) is 16.4 Å². The van der Waals surface area contributed by atoms with Gasteiger partial charge in [0, 0.05) is 17.8 Å². The SMILES string of the molecule is C=C(C)CCCCCN(C(=C)/C(C)=C\c1ccc(-c2cc(C(F)(F)F)ccc2C)o1)C(C)=S. The first-order valence-electron chi connectivity index (χ1n) is 11.0. The van der Waals surface area contributed by atoms with Crippen molar-refractivity contribution in [2.24, 2.45) is 0 Å². The summed E-state index contributed by atoms with van der Waals surface area (Å²) in [6.45, 7) is 16.5. The van der Waals surface area contributed by atoms with Crippen LogP contribution in [0.3, 0.4) is 0 Å². The second kappa shape index (κ2) is 11.5. The van der Waals surface area contributed by atoms with Crippen molar-refractivity contribution >= 4 is 23.3 Å². The summed E-state index contributed by atoms with van der Waals surface area (Å²) >= 11 is 5.43.